The van der Waals surface area contributed by atoms with E-state index in [1.165, 1.54) is 7.11 Å². The van der Waals surface area contributed by atoms with Crippen molar-refractivity contribution in [3.05, 3.63) is 56.0 Å². The van der Waals surface area contributed by atoms with Gasteiger partial charge in [-0.15, -0.1) is 0 Å². The number of methoxy groups -OCH3 is 1. The topological polar surface area (TPSA) is 129 Å². The van der Waals surface area contributed by atoms with Gasteiger partial charge in [0.1, 0.15) is 17.1 Å². The van der Waals surface area contributed by atoms with E-state index < -0.39 is 11.5 Å². The summed E-state index contributed by atoms with van der Waals surface area (Å²) in [4.78, 5) is 42.2. The Labute approximate surface area is 165 Å². The first-order chi connectivity index (χ1) is 14.0. The van der Waals surface area contributed by atoms with Crippen LogP contribution in [0.1, 0.15) is 40.4 Å². The Morgan fingerprint density at radius 1 is 1.21 bits per heavy atom. The maximum atomic E-state index is 12.8. The molecule has 2 aromatic heterocycles. The SMILES string of the molecule is COc1cc2[nH]c(=O)[nH]c2cc1NC(=O)c1c(C)cc(C2CCCNC2)oc1=O. The fraction of sp³-hybridized carbons (Fsp3) is 0.350. The summed E-state index contributed by atoms with van der Waals surface area (Å²) in [6.07, 6.45) is 1.95. The molecule has 0 spiro atoms. The van der Waals surface area contributed by atoms with Crippen molar-refractivity contribution in [1.82, 2.24) is 15.3 Å². The lowest BCUT2D eigenvalue weighted by atomic mass is 9.95. The van der Waals surface area contributed by atoms with Crippen molar-refractivity contribution in [1.29, 1.82) is 0 Å². The number of amides is 1. The van der Waals surface area contributed by atoms with Gasteiger partial charge < -0.3 is 29.8 Å². The number of piperidine rings is 1. The Bertz CT molecular complexity index is 1180. The van der Waals surface area contributed by atoms with Crippen molar-refractivity contribution in [3.8, 4) is 5.75 Å². The minimum Gasteiger partial charge on any atom is -0.494 e. The standard InChI is InChI=1S/C20H22N4O5/c1-10-6-15(11-4-3-5-21-9-11)29-19(26)17(10)18(25)22-14-7-12-13(8-16(14)28-2)24-20(27)23-12/h6-8,11,21H,3-5,9H2,1-2H3,(H,22,25)(H2,23,24,27). The molecule has 1 unspecified atom stereocenters. The molecule has 152 valence electrons. The summed E-state index contributed by atoms with van der Waals surface area (Å²) in [5.74, 6) is 0.480. The molecule has 0 saturated carbocycles. The highest BCUT2D eigenvalue weighted by Crippen LogP contribution is 2.29. The molecule has 1 aromatic carbocycles. The number of hydrogen-bond donors (Lipinski definition) is 4. The molecular weight excluding hydrogens is 376 g/mol. The Morgan fingerprint density at radius 3 is 2.62 bits per heavy atom. The van der Waals surface area contributed by atoms with Gasteiger partial charge in [0.25, 0.3) is 5.91 Å². The number of nitrogens with one attached hydrogen (secondary N) is 4. The van der Waals surface area contributed by atoms with E-state index in [9.17, 15) is 14.4 Å². The first-order valence-electron chi connectivity index (χ1n) is 9.43. The van der Waals surface area contributed by atoms with Crippen molar-refractivity contribution in [3.63, 3.8) is 0 Å². The molecule has 4 N–H and O–H groups in total. The molecule has 4 rings (SSSR count). The molecule has 3 aromatic rings. The third kappa shape index (κ3) is 3.68. The second kappa shape index (κ2) is 7.59. The van der Waals surface area contributed by atoms with Crippen molar-refractivity contribution >= 4 is 22.6 Å². The lowest BCUT2D eigenvalue weighted by Gasteiger charge is -2.22. The number of hydrogen-bond acceptors (Lipinski definition) is 6. The average molecular weight is 398 g/mol. The van der Waals surface area contributed by atoms with E-state index in [0.717, 1.165) is 25.9 Å². The van der Waals surface area contributed by atoms with Gasteiger partial charge in [-0.2, -0.15) is 0 Å². The molecule has 0 radical (unpaired) electrons. The van der Waals surface area contributed by atoms with E-state index in [0.29, 0.717) is 33.8 Å². The first kappa shape index (κ1) is 19.0. The van der Waals surface area contributed by atoms with Crippen LogP contribution in [0.2, 0.25) is 0 Å². The number of fused-ring (bicyclic) bond motifs is 1. The van der Waals surface area contributed by atoms with Crippen LogP contribution in [0.3, 0.4) is 0 Å². The highest BCUT2D eigenvalue weighted by Gasteiger charge is 2.23. The molecular formula is C20H22N4O5. The van der Waals surface area contributed by atoms with E-state index in [1.54, 1.807) is 25.1 Å². The second-order valence-electron chi connectivity index (χ2n) is 7.17. The molecule has 9 nitrogen and oxygen atoms in total. The highest BCUT2D eigenvalue weighted by atomic mass is 16.5. The zero-order valence-electron chi connectivity index (χ0n) is 16.2. The summed E-state index contributed by atoms with van der Waals surface area (Å²) in [5, 5.41) is 5.98. The predicted octanol–water partition coefficient (Wildman–Crippen LogP) is 1.85. The number of ether oxygens (including phenoxy) is 1. The van der Waals surface area contributed by atoms with E-state index in [-0.39, 0.29) is 17.2 Å². The molecule has 1 atom stereocenters. The third-order valence-corrected chi connectivity index (χ3v) is 5.18. The van der Waals surface area contributed by atoms with Crippen LogP contribution in [-0.4, -0.2) is 36.1 Å². The van der Waals surface area contributed by atoms with Gasteiger partial charge in [-0.25, -0.2) is 9.59 Å². The van der Waals surface area contributed by atoms with Gasteiger partial charge in [0, 0.05) is 18.5 Å². The minimum absolute atomic E-state index is 0.0535. The van der Waals surface area contributed by atoms with Crippen LogP contribution in [0.4, 0.5) is 5.69 Å². The fourth-order valence-electron chi connectivity index (χ4n) is 3.72. The largest absolute Gasteiger partial charge is 0.494 e. The molecule has 3 heterocycles. The number of imidazole rings is 1. The van der Waals surface area contributed by atoms with Crippen LogP contribution >= 0.6 is 0 Å². The van der Waals surface area contributed by atoms with Gasteiger partial charge in [0.05, 0.1) is 23.8 Å². The van der Waals surface area contributed by atoms with Crippen molar-refractivity contribution in [2.75, 3.05) is 25.5 Å². The van der Waals surface area contributed by atoms with Crippen molar-refractivity contribution in [2.45, 2.75) is 25.7 Å². The van der Waals surface area contributed by atoms with Crippen molar-refractivity contribution < 1.29 is 13.9 Å². The summed E-state index contributed by atoms with van der Waals surface area (Å²) in [6.45, 7) is 3.43. The van der Waals surface area contributed by atoms with Gasteiger partial charge >= 0.3 is 11.3 Å². The first-order valence-corrected chi connectivity index (χ1v) is 9.43. The van der Waals surface area contributed by atoms with Gasteiger partial charge in [-0.3, -0.25) is 4.79 Å². The number of aromatic nitrogens is 2. The fourth-order valence-corrected chi connectivity index (χ4v) is 3.72. The number of carbonyl (C=O) groups is 1. The number of carbonyl (C=O) groups excluding carboxylic acids is 1. The molecule has 1 aliphatic heterocycles. The molecule has 9 heteroatoms. The Balaban J connectivity index is 1.65. The van der Waals surface area contributed by atoms with Crippen LogP contribution in [0.25, 0.3) is 11.0 Å². The monoisotopic (exact) mass is 398 g/mol. The molecule has 1 aliphatic rings. The van der Waals surface area contributed by atoms with Crippen LogP contribution in [0.5, 0.6) is 5.75 Å². The molecule has 1 saturated heterocycles. The molecule has 1 fully saturated rings. The molecule has 1 amide bonds. The van der Waals surface area contributed by atoms with Crippen LogP contribution in [0.15, 0.2) is 32.2 Å². The van der Waals surface area contributed by atoms with Crippen molar-refractivity contribution in [2.24, 2.45) is 0 Å². The zero-order chi connectivity index (χ0) is 20.5. The van der Waals surface area contributed by atoms with E-state index in [4.69, 9.17) is 9.15 Å². The number of H-pyrrole nitrogens is 2. The summed E-state index contributed by atoms with van der Waals surface area (Å²) in [5.41, 5.74) is 0.852. The van der Waals surface area contributed by atoms with Gasteiger partial charge in [-0.1, -0.05) is 0 Å². The minimum atomic E-state index is -0.668. The highest BCUT2D eigenvalue weighted by molar-refractivity contribution is 6.06. The van der Waals surface area contributed by atoms with Crippen LogP contribution in [-0.2, 0) is 0 Å². The summed E-state index contributed by atoms with van der Waals surface area (Å²) < 4.78 is 10.8. The number of rotatable bonds is 4. The molecule has 0 aliphatic carbocycles. The van der Waals surface area contributed by atoms with E-state index in [2.05, 4.69) is 20.6 Å². The van der Waals surface area contributed by atoms with Crippen LogP contribution < -0.4 is 26.7 Å². The normalized spacial score (nSPS) is 16.7. The van der Waals surface area contributed by atoms with Gasteiger partial charge in [0.2, 0.25) is 0 Å². The van der Waals surface area contributed by atoms with Gasteiger partial charge in [0.15, 0.2) is 0 Å². The summed E-state index contributed by atoms with van der Waals surface area (Å²) >= 11 is 0. The lowest BCUT2D eigenvalue weighted by molar-refractivity contribution is 0.102. The molecule has 0 bridgehead atoms. The smallest absolute Gasteiger partial charge is 0.349 e. The number of aryl methyl sites for hydroxylation is 1. The lowest BCUT2D eigenvalue weighted by Crippen LogP contribution is -2.30. The van der Waals surface area contributed by atoms with E-state index in [1.807, 2.05) is 0 Å². The maximum absolute atomic E-state index is 12.8. The number of aromatic amines is 2. The summed E-state index contributed by atoms with van der Waals surface area (Å²) in [6, 6.07) is 4.93. The predicted molar refractivity (Wildman–Crippen MR) is 108 cm³/mol. The number of benzene rings is 1. The quantitative estimate of drug-likeness (QED) is 0.531. The Morgan fingerprint density at radius 2 is 1.97 bits per heavy atom. The Kier molecular flexibility index (Phi) is 4.98. The van der Waals surface area contributed by atoms with E-state index >= 15 is 0 Å². The third-order valence-electron chi connectivity index (χ3n) is 5.18. The Hall–Kier alpha value is -3.33. The van der Waals surface area contributed by atoms with Gasteiger partial charge in [-0.05, 0) is 44.0 Å². The summed E-state index contributed by atoms with van der Waals surface area (Å²) in [7, 11) is 1.45. The second-order valence-corrected chi connectivity index (χ2v) is 7.17. The molecule has 29 heavy (non-hydrogen) atoms. The number of anilines is 1. The maximum Gasteiger partial charge on any atom is 0.349 e. The van der Waals surface area contributed by atoms with Crippen LogP contribution in [0, 0.1) is 6.92 Å². The zero-order valence-corrected chi connectivity index (χ0v) is 16.2. The average Bonchev–Trinajstić information content (AvgIpc) is 3.06.